The first-order valence-corrected chi connectivity index (χ1v) is 5.69. The second-order valence-electron chi connectivity index (χ2n) is 4.20. The Morgan fingerprint density at radius 3 is 2.64 bits per heavy atom. The smallest absolute Gasteiger partial charge is 0.304 e. The van der Waals surface area contributed by atoms with Gasteiger partial charge >= 0.3 is 5.97 Å². The normalized spacial score (nSPS) is 19.8. The zero-order valence-electron chi connectivity index (χ0n) is 8.96. The molecule has 0 heterocycles. The molecule has 0 spiro atoms. The SMILES string of the molecule is CCCNC(CC(=O)O)C1CCCC1. The fourth-order valence-electron chi connectivity index (χ4n) is 2.28. The maximum Gasteiger partial charge on any atom is 0.304 e. The van der Waals surface area contributed by atoms with Gasteiger partial charge in [0.1, 0.15) is 0 Å². The Bertz CT molecular complexity index is 176. The molecule has 3 heteroatoms. The molecule has 1 saturated carbocycles. The van der Waals surface area contributed by atoms with Crippen molar-refractivity contribution in [1.82, 2.24) is 5.32 Å². The molecule has 0 amide bonds. The highest BCUT2D eigenvalue weighted by Crippen LogP contribution is 2.28. The molecule has 0 aromatic rings. The molecule has 1 aliphatic carbocycles. The van der Waals surface area contributed by atoms with Gasteiger partial charge in [-0.1, -0.05) is 19.8 Å². The van der Waals surface area contributed by atoms with Gasteiger partial charge in [0, 0.05) is 6.04 Å². The highest BCUT2D eigenvalue weighted by Gasteiger charge is 2.25. The van der Waals surface area contributed by atoms with E-state index >= 15 is 0 Å². The van der Waals surface area contributed by atoms with Crippen LogP contribution in [0.15, 0.2) is 0 Å². The number of rotatable bonds is 6. The molecule has 1 fully saturated rings. The number of carboxylic acid groups (broad SMARTS) is 1. The summed E-state index contributed by atoms with van der Waals surface area (Å²) < 4.78 is 0. The van der Waals surface area contributed by atoms with E-state index in [0.717, 1.165) is 13.0 Å². The van der Waals surface area contributed by atoms with E-state index in [4.69, 9.17) is 5.11 Å². The molecular weight excluding hydrogens is 178 g/mol. The molecule has 82 valence electrons. The highest BCUT2D eigenvalue weighted by atomic mass is 16.4. The van der Waals surface area contributed by atoms with Crippen LogP contribution in [0.3, 0.4) is 0 Å². The van der Waals surface area contributed by atoms with Gasteiger partial charge in [-0.2, -0.15) is 0 Å². The van der Waals surface area contributed by atoms with Crippen LogP contribution in [0.25, 0.3) is 0 Å². The molecule has 0 bridgehead atoms. The molecule has 1 rings (SSSR count). The van der Waals surface area contributed by atoms with Crippen molar-refractivity contribution in [2.45, 2.75) is 51.5 Å². The van der Waals surface area contributed by atoms with E-state index in [1.54, 1.807) is 0 Å². The van der Waals surface area contributed by atoms with Crippen LogP contribution in [0.4, 0.5) is 0 Å². The summed E-state index contributed by atoms with van der Waals surface area (Å²) in [6.45, 7) is 3.05. The second kappa shape index (κ2) is 6.02. The first-order chi connectivity index (χ1) is 6.74. The van der Waals surface area contributed by atoms with Crippen LogP contribution in [0.1, 0.15) is 45.4 Å². The summed E-state index contributed by atoms with van der Waals surface area (Å²) in [7, 11) is 0. The molecular formula is C11H21NO2. The zero-order chi connectivity index (χ0) is 10.4. The maximum atomic E-state index is 10.7. The van der Waals surface area contributed by atoms with E-state index in [-0.39, 0.29) is 12.5 Å². The van der Waals surface area contributed by atoms with Crippen LogP contribution >= 0.6 is 0 Å². The van der Waals surface area contributed by atoms with E-state index < -0.39 is 5.97 Å². The van der Waals surface area contributed by atoms with Crippen LogP contribution < -0.4 is 5.32 Å². The third-order valence-corrected chi connectivity index (χ3v) is 3.02. The monoisotopic (exact) mass is 199 g/mol. The van der Waals surface area contributed by atoms with Gasteiger partial charge in [-0.25, -0.2) is 0 Å². The average Bonchev–Trinajstić information content (AvgIpc) is 2.64. The largest absolute Gasteiger partial charge is 0.481 e. The first kappa shape index (κ1) is 11.5. The van der Waals surface area contributed by atoms with Gasteiger partial charge in [0.25, 0.3) is 0 Å². The number of carboxylic acids is 1. The maximum absolute atomic E-state index is 10.7. The average molecular weight is 199 g/mol. The summed E-state index contributed by atoms with van der Waals surface area (Å²) in [6, 6.07) is 0.204. The predicted molar refractivity (Wildman–Crippen MR) is 56.3 cm³/mol. The molecule has 3 nitrogen and oxygen atoms in total. The van der Waals surface area contributed by atoms with Crippen LogP contribution in [0.2, 0.25) is 0 Å². The van der Waals surface area contributed by atoms with Gasteiger partial charge < -0.3 is 10.4 Å². The highest BCUT2D eigenvalue weighted by molar-refractivity contribution is 5.67. The van der Waals surface area contributed by atoms with Crippen molar-refractivity contribution in [3.8, 4) is 0 Å². The Kier molecular flexibility index (Phi) is 4.94. The number of hydrogen-bond donors (Lipinski definition) is 2. The Labute approximate surface area is 85.9 Å². The van der Waals surface area contributed by atoms with Crippen molar-refractivity contribution in [1.29, 1.82) is 0 Å². The lowest BCUT2D eigenvalue weighted by Gasteiger charge is -2.22. The van der Waals surface area contributed by atoms with Crippen LogP contribution in [0.5, 0.6) is 0 Å². The lowest BCUT2D eigenvalue weighted by molar-refractivity contribution is -0.137. The van der Waals surface area contributed by atoms with Gasteiger partial charge in [-0.15, -0.1) is 0 Å². The Morgan fingerprint density at radius 1 is 1.50 bits per heavy atom. The summed E-state index contributed by atoms with van der Waals surface area (Å²) in [5.74, 6) is -0.0804. The van der Waals surface area contributed by atoms with Crippen molar-refractivity contribution >= 4 is 5.97 Å². The fraction of sp³-hybridized carbons (Fsp3) is 0.909. The lowest BCUT2D eigenvalue weighted by Crippen LogP contribution is -2.37. The molecule has 1 aliphatic rings. The standard InChI is InChI=1S/C11H21NO2/c1-2-7-12-10(8-11(13)14)9-5-3-4-6-9/h9-10,12H,2-8H2,1H3,(H,13,14). The van der Waals surface area contributed by atoms with E-state index in [1.165, 1.54) is 25.7 Å². The molecule has 0 aromatic heterocycles. The first-order valence-electron chi connectivity index (χ1n) is 5.69. The topological polar surface area (TPSA) is 49.3 Å². The Hall–Kier alpha value is -0.570. The minimum Gasteiger partial charge on any atom is -0.481 e. The Balaban J connectivity index is 2.37. The van der Waals surface area contributed by atoms with E-state index in [1.807, 2.05) is 0 Å². The van der Waals surface area contributed by atoms with Crippen molar-refractivity contribution in [2.24, 2.45) is 5.92 Å². The second-order valence-corrected chi connectivity index (χ2v) is 4.20. The van der Waals surface area contributed by atoms with Gasteiger partial charge in [0.15, 0.2) is 0 Å². The summed E-state index contributed by atoms with van der Waals surface area (Å²) in [6.07, 6.45) is 6.31. The third kappa shape index (κ3) is 3.66. The number of nitrogens with one attached hydrogen (secondary N) is 1. The fourth-order valence-corrected chi connectivity index (χ4v) is 2.28. The van der Waals surface area contributed by atoms with Crippen molar-refractivity contribution < 1.29 is 9.90 Å². The minimum absolute atomic E-state index is 0.204. The van der Waals surface area contributed by atoms with Gasteiger partial charge in [-0.3, -0.25) is 4.79 Å². The van der Waals surface area contributed by atoms with E-state index in [2.05, 4.69) is 12.2 Å². The summed E-state index contributed by atoms with van der Waals surface area (Å²) in [5, 5.41) is 12.2. The molecule has 1 atom stereocenters. The molecule has 0 radical (unpaired) electrons. The molecule has 0 aliphatic heterocycles. The third-order valence-electron chi connectivity index (χ3n) is 3.02. The Morgan fingerprint density at radius 2 is 2.14 bits per heavy atom. The van der Waals surface area contributed by atoms with Crippen LogP contribution in [-0.2, 0) is 4.79 Å². The van der Waals surface area contributed by atoms with E-state index in [0.29, 0.717) is 5.92 Å². The molecule has 0 saturated heterocycles. The number of hydrogen-bond acceptors (Lipinski definition) is 2. The summed E-state index contributed by atoms with van der Waals surface area (Å²) in [4.78, 5) is 10.7. The van der Waals surface area contributed by atoms with Gasteiger partial charge in [0.05, 0.1) is 6.42 Å². The predicted octanol–water partition coefficient (Wildman–Crippen LogP) is 2.02. The number of carbonyl (C=O) groups is 1. The number of aliphatic carboxylic acids is 1. The zero-order valence-corrected chi connectivity index (χ0v) is 8.96. The van der Waals surface area contributed by atoms with Crippen LogP contribution in [-0.4, -0.2) is 23.7 Å². The van der Waals surface area contributed by atoms with E-state index in [9.17, 15) is 4.79 Å². The molecule has 1 unspecified atom stereocenters. The van der Waals surface area contributed by atoms with Crippen molar-refractivity contribution in [3.05, 3.63) is 0 Å². The molecule has 14 heavy (non-hydrogen) atoms. The van der Waals surface area contributed by atoms with Gasteiger partial charge in [-0.05, 0) is 31.7 Å². The van der Waals surface area contributed by atoms with Gasteiger partial charge in [0.2, 0.25) is 0 Å². The van der Waals surface area contributed by atoms with Crippen LogP contribution in [0, 0.1) is 5.92 Å². The molecule has 0 aromatic carbocycles. The minimum atomic E-state index is -0.675. The lowest BCUT2D eigenvalue weighted by atomic mass is 9.95. The summed E-state index contributed by atoms with van der Waals surface area (Å²) >= 11 is 0. The quantitative estimate of drug-likeness (QED) is 0.688. The summed E-state index contributed by atoms with van der Waals surface area (Å²) in [5.41, 5.74) is 0. The van der Waals surface area contributed by atoms with Crippen molar-refractivity contribution in [3.63, 3.8) is 0 Å². The molecule has 2 N–H and O–H groups in total. The van der Waals surface area contributed by atoms with Crippen molar-refractivity contribution in [2.75, 3.05) is 6.54 Å².